The van der Waals surface area contributed by atoms with Gasteiger partial charge in [0.15, 0.2) is 11.6 Å². The molecule has 142 valence electrons. The van der Waals surface area contributed by atoms with Gasteiger partial charge in [-0.2, -0.15) is 0 Å². The number of anilines is 1. The van der Waals surface area contributed by atoms with Gasteiger partial charge in [-0.05, 0) is 42.3 Å². The van der Waals surface area contributed by atoms with Gasteiger partial charge in [0.2, 0.25) is 0 Å². The summed E-state index contributed by atoms with van der Waals surface area (Å²) in [6.07, 6.45) is -0.355. The number of carbonyl (C=O) groups excluding carboxylic acids is 2. The fourth-order valence-corrected chi connectivity index (χ4v) is 2.77. The van der Waals surface area contributed by atoms with Crippen molar-refractivity contribution in [3.05, 3.63) is 65.2 Å². The molecule has 3 amide bonds. The first-order chi connectivity index (χ1) is 12.9. The van der Waals surface area contributed by atoms with Crippen LogP contribution in [0.3, 0.4) is 0 Å². The van der Waals surface area contributed by atoms with E-state index < -0.39 is 23.7 Å². The fraction of sp³-hybridized carbons (Fsp3) is 0.263. The van der Waals surface area contributed by atoms with Crippen molar-refractivity contribution in [1.29, 1.82) is 0 Å². The lowest BCUT2D eigenvalue weighted by atomic mass is 10.1. The van der Waals surface area contributed by atoms with Crippen LogP contribution in [0.25, 0.3) is 0 Å². The Kier molecular flexibility index (Phi) is 5.54. The third kappa shape index (κ3) is 4.72. The largest absolute Gasteiger partial charge is 0.448 e. The number of hydrogen-bond donors (Lipinski definition) is 2. The Morgan fingerprint density at radius 1 is 1.22 bits per heavy atom. The predicted octanol–water partition coefficient (Wildman–Crippen LogP) is 3.80. The van der Waals surface area contributed by atoms with Crippen molar-refractivity contribution in [1.82, 2.24) is 10.2 Å². The first kappa shape index (κ1) is 18.6. The van der Waals surface area contributed by atoms with Crippen LogP contribution < -0.4 is 10.6 Å². The van der Waals surface area contributed by atoms with Crippen LogP contribution in [0.1, 0.15) is 24.1 Å². The van der Waals surface area contributed by atoms with E-state index in [4.69, 9.17) is 4.74 Å². The standard InChI is InChI=1S/C19H19F2N3O3/c1-12(14-5-6-16(20)17(21)10-14)22-18(25)23-15-4-2-3-13(9-15)11-24-7-8-27-19(24)26/h2-6,9-10,12H,7-8,11H2,1H3,(H2,22,23,25)/t12-/m1/s1. The number of carbonyl (C=O) groups is 2. The molecule has 0 radical (unpaired) electrons. The third-order valence-corrected chi connectivity index (χ3v) is 4.19. The lowest BCUT2D eigenvalue weighted by Crippen LogP contribution is -2.31. The summed E-state index contributed by atoms with van der Waals surface area (Å²) >= 11 is 0. The summed E-state index contributed by atoms with van der Waals surface area (Å²) in [4.78, 5) is 25.3. The summed E-state index contributed by atoms with van der Waals surface area (Å²) in [6, 6.07) is 9.58. The van der Waals surface area contributed by atoms with Crippen molar-refractivity contribution in [3.8, 4) is 0 Å². The summed E-state index contributed by atoms with van der Waals surface area (Å²) in [6.45, 7) is 2.96. The fourth-order valence-electron chi connectivity index (χ4n) is 2.77. The second-order valence-electron chi connectivity index (χ2n) is 6.23. The molecule has 0 saturated carbocycles. The average molecular weight is 375 g/mol. The number of benzene rings is 2. The molecule has 2 N–H and O–H groups in total. The maximum atomic E-state index is 13.3. The van der Waals surface area contributed by atoms with E-state index in [-0.39, 0.29) is 6.09 Å². The summed E-state index contributed by atoms with van der Waals surface area (Å²) in [7, 11) is 0. The topological polar surface area (TPSA) is 70.7 Å². The third-order valence-electron chi connectivity index (χ3n) is 4.19. The highest BCUT2D eigenvalue weighted by Gasteiger charge is 2.21. The zero-order valence-electron chi connectivity index (χ0n) is 14.7. The first-order valence-corrected chi connectivity index (χ1v) is 8.45. The van der Waals surface area contributed by atoms with Gasteiger partial charge in [-0.25, -0.2) is 18.4 Å². The molecule has 0 aliphatic carbocycles. The molecule has 0 aromatic heterocycles. The average Bonchev–Trinajstić information content (AvgIpc) is 3.02. The quantitative estimate of drug-likeness (QED) is 0.835. The van der Waals surface area contributed by atoms with Crippen LogP contribution in [0.5, 0.6) is 0 Å². The Hall–Kier alpha value is -3.16. The Labute approximate surface area is 155 Å². The molecule has 1 atom stereocenters. The summed E-state index contributed by atoms with van der Waals surface area (Å²) in [5, 5.41) is 5.36. The van der Waals surface area contributed by atoms with Crippen LogP contribution >= 0.6 is 0 Å². The molecule has 1 aliphatic heterocycles. The number of ether oxygens (including phenoxy) is 1. The summed E-state index contributed by atoms with van der Waals surface area (Å²) in [5.74, 6) is -1.90. The van der Waals surface area contributed by atoms with Crippen LogP contribution in [0.2, 0.25) is 0 Å². The summed E-state index contributed by atoms with van der Waals surface area (Å²) in [5.41, 5.74) is 1.85. The van der Waals surface area contributed by atoms with Crippen molar-refractivity contribution in [3.63, 3.8) is 0 Å². The molecular formula is C19H19F2N3O3. The number of amides is 3. The molecule has 1 aliphatic rings. The molecule has 1 fully saturated rings. The van der Waals surface area contributed by atoms with Gasteiger partial charge in [-0.3, -0.25) is 0 Å². The molecule has 1 heterocycles. The Balaban J connectivity index is 1.59. The predicted molar refractivity (Wildman–Crippen MR) is 95.1 cm³/mol. The highest BCUT2D eigenvalue weighted by Crippen LogP contribution is 2.18. The van der Waals surface area contributed by atoms with E-state index in [1.165, 1.54) is 6.07 Å². The minimum Gasteiger partial charge on any atom is -0.448 e. The molecule has 0 unspecified atom stereocenters. The van der Waals surface area contributed by atoms with E-state index >= 15 is 0 Å². The van der Waals surface area contributed by atoms with Gasteiger partial charge < -0.3 is 20.3 Å². The molecule has 3 rings (SSSR count). The number of hydrogen-bond acceptors (Lipinski definition) is 3. The van der Waals surface area contributed by atoms with Crippen LogP contribution in [0.4, 0.5) is 24.1 Å². The van der Waals surface area contributed by atoms with Crippen molar-refractivity contribution in [2.24, 2.45) is 0 Å². The van der Waals surface area contributed by atoms with E-state index in [2.05, 4.69) is 10.6 Å². The van der Waals surface area contributed by atoms with E-state index in [0.29, 0.717) is 30.9 Å². The molecule has 0 spiro atoms. The number of nitrogens with zero attached hydrogens (tertiary/aromatic N) is 1. The normalized spacial score (nSPS) is 14.6. The van der Waals surface area contributed by atoms with E-state index in [0.717, 1.165) is 17.7 Å². The molecule has 2 aromatic carbocycles. The minimum absolute atomic E-state index is 0.355. The number of cyclic esters (lactones) is 1. The van der Waals surface area contributed by atoms with Crippen molar-refractivity contribution < 1.29 is 23.1 Å². The zero-order valence-corrected chi connectivity index (χ0v) is 14.7. The van der Waals surface area contributed by atoms with Crippen LogP contribution in [-0.2, 0) is 11.3 Å². The van der Waals surface area contributed by atoms with Gasteiger partial charge in [0, 0.05) is 12.2 Å². The van der Waals surface area contributed by atoms with Gasteiger partial charge in [0.1, 0.15) is 6.61 Å². The highest BCUT2D eigenvalue weighted by molar-refractivity contribution is 5.89. The SMILES string of the molecule is C[C@@H](NC(=O)Nc1cccc(CN2CCOC2=O)c1)c1ccc(F)c(F)c1. The van der Waals surface area contributed by atoms with Crippen LogP contribution in [0, 0.1) is 11.6 Å². The molecule has 0 bridgehead atoms. The molecule has 2 aromatic rings. The van der Waals surface area contributed by atoms with E-state index in [1.54, 1.807) is 30.0 Å². The van der Waals surface area contributed by atoms with Gasteiger partial charge in [-0.1, -0.05) is 18.2 Å². The van der Waals surface area contributed by atoms with Gasteiger partial charge >= 0.3 is 12.1 Å². The Bertz CT molecular complexity index is 860. The van der Waals surface area contributed by atoms with E-state index in [1.807, 2.05) is 6.07 Å². The maximum Gasteiger partial charge on any atom is 0.410 e. The molecule has 6 nitrogen and oxygen atoms in total. The molecule has 1 saturated heterocycles. The molecule has 27 heavy (non-hydrogen) atoms. The van der Waals surface area contributed by atoms with Crippen molar-refractivity contribution >= 4 is 17.8 Å². The summed E-state index contributed by atoms with van der Waals surface area (Å²) < 4.78 is 31.2. The molecule has 8 heteroatoms. The maximum absolute atomic E-state index is 13.3. The number of urea groups is 1. The Morgan fingerprint density at radius 3 is 2.74 bits per heavy atom. The van der Waals surface area contributed by atoms with Crippen molar-refractivity contribution in [2.75, 3.05) is 18.5 Å². The Morgan fingerprint density at radius 2 is 2.04 bits per heavy atom. The highest BCUT2D eigenvalue weighted by atomic mass is 19.2. The van der Waals surface area contributed by atoms with E-state index in [9.17, 15) is 18.4 Å². The van der Waals surface area contributed by atoms with Gasteiger partial charge in [0.25, 0.3) is 0 Å². The number of nitrogens with one attached hydrogen (secondary N) is 2. The lowest BCUT2D eigenvalue weighted by molar-refractivity contribution is 0.157. The minimum atomic E-state index is -0.963. The number of rotatable bonds is 5. The monoisotopic (exact) mass is 375 g/mol. The zero-order chi connectivity index (χ0) is 19.4. The lowest BCUT2D eigenvalue weighted by Gasteiger charge is -2.16. The second-order valence-corrected chi connectivity index (χ2v) is 6.23. The second kappa shape index (κ2) is 8.03. The van der Waals surface area contributed by atoms with Gasteiger partial charge in [0.05, 0.1) is 12.6 Å². The van der Waals surface area contributed by atoms with Crippen molar-refractivity contribution in [2.45, 2.75) is 19.5 Å². The smallest absolute Gasteiger partial charge is 0.410 e. The van der Waals surface area contributed by atoms with Crippen LogP contribution in [0.15, 0.2) is 42.5 Å². The molecular weight excluding hydrogens is 356 g/mol. The first-order valence-electron chi connectivity index (χ1n) is 8.45. The van der Waals surface area contributed by atoms with Crippen LogP contribution in [-0.4, -0.2) is 30.2 Å². The number of halogens is 2. The van der Waals surface area contributed by atoms with Gasteiger partial charge in [-0.15, -0.1) is 0 Å².